The van der Waals surface area contributed by atoms with Crippen molar-refractivity contribution in [2.24, 2.45) is 11.7 Å². The molecule has 0 aromatic rings. The molecular weight excluding hydrogens is 152 g/mol. The topological polar surface area (TPSA) is 55.1 Å². The number of rotatable bonds is 2. The highest BCUT2D eigenvalue weighted by molar-refractivity contribution is 5.81. The summed E-state index contributed by atoms with van der Waals surface area (Å²) in [4.78, 5) is 11.3. The van der Waals surface area contributed by atoms with Crippen LogP contribution in [0.3, 0.4) is 0 Å². The van der Waals surface area contributed by atoms with E-state index in [1.165, 1.54) is 0 Å². The molecule has 12 heavy (non-hydrogen) atoms. The first kappa shape index (κ1) is 8.05. The van der Waals surface area contributed by atoms with Crippen molar-refractivity contribution in [3.8, 4) is 0 Å². The number of hydrogen-bond donors (Lipinski definition) is 2. The second-order valence-corrected chi connectivity index (χ2v) is 4.05. The predicted octanol–water partition coefficient (Wildman–Crippen LogP) is 0.392. The Labute approximate surface area is 72.7 Å². The van der Waals surface area contributed by atoms with Crippen molar-refractivity contribution in [2.75, 3.05) is 0 Å². The van der Waals surface area contributed by atoms with E-state index in [1.54, 1.807) is 0 Å². The quantitative estimate of drug-likeness (QED) is 0.626. The van der Waals surface area contributed by atoms with E-state index in [-0.39, 0.29) is 5.91 Å². The number of carbonyl (C=O) groups excluding carboxylic acids is 1. The Morgan fingerprint density at radius 1 is 1.25 bits per heavy atom. The fraction of sp³-hybridized carbons (Fsp3) is 0.889. The zero-order valence-corrected chi connectivity index (χ0v) is 7.25. The van der Waals surface area contributed by atoms with Crippen LogP contribution in [0.4, 0.5) is 0 Å². The van der Waals surface area contributed by atoms with Crippen molar-refractivity contribution in [3.63, 3.8) is 0 Å². The zero-order valence-electron chi connectivity index (χ0n) is 7.25. The maximum Gasteiger partial charge on any atom is 0.223 e. The second-order valence-electron chi connectivity index (χ2n) is 4.05. The molecule has 0 saturated heterocycles. The lowest BCUT2D eigenvalue weighted by atomic mass is 10.2. The van der Waals surface area contributed by atoms with Gasteiger partial charge in [-0.1, -0.05) is 0 Å². The molecule has 0 bridgehead atoms. The van der Waals surface area contributed by atoms with E-state index >= 15 is 0 Å². The Balaban J connectivity index is 1.75. The summed E-state index contributed by atoms with van der Waals surface area (Å²) in [6, 6.07) is 0.683. The Morgan fingerprint density at radius 2 is 2.00 bits per heavy atom. The normalized spacial score (nSPS) is 35.1. The molecule has 3 nitrogen and oxygen atoms in total. The van der Waals surface area contributed by atoms with Gasteiger partial charge in [-0.25, -0.2) is 0 Å². The monoisotopic (exact) mass is 168 g/mol. The molecule has 0 spiro atoms. The lowest BCUT2D eigenvalue weighted by Crippen LogP contribution is -2.34. The molecule has 68 valence electrons. The number of nitrogens with one attached hydrogen (secondary N) is 1. The first-order valence-corrected chi connectivity index (χ1v) is 4.81. The minimum absolute atomic E-state index is 0.258. The van der Waals surface area contributed by atoms with E-state index in [0.717, 1.165) is 32.1 Å². The Bertz CT molecular complexity index is 189. The van der Waals surface area contributed by atoms with E-state index in [0.29, 0.717) is 18.0 Å². The molecule has 0 heterocycles. The smallest absolute Gasteiger partial charge is 0.223 e. The molecule has 3 heteroatoms. The average Bonchev–Trinajstić information content (AvgIpc) is 2.78. The van der Waals surface area contributed by atoms with Gasteiger partial charge in [-0.2, -0.15) is 0 Å². The Morgan fingerprint density at radius 3 is 2.50 bits per heavy atom. The van der Waals surface area contributed by atoms with E-state index in [4.69, 9.17) is 5.73 Å². The highest BCUT2D eigenvalue weighted by Crippen LogP contribution is 2.29. The van der Waals surface area contributed by atoms with Gasteiger partial charge >= 0.3 is 0 Å². The van der Waals surface area contributed by atoms with Gasteiger partial charge in [-0.3, -0.25) is 4.79 Å². The molecule has 2 atom stereocenters. The van der Waals surface area contributed by atoms with Gasteiger partial charge in [0.2, 0.25) is 5.91 Å². The maximum atomic E-state index is 11.3. The van der Waals surface area contributed by atoms with Gasteiger partial charge in [0, 0.05) is 18.0 Å². The van der Waals surface area contributed by atoms with Gasteiger partial charge in [-0.05, 0) is 32.1 Å². The second kappa shape index (κ2) is 3.05. The molecule has 2 fully saturated rings. The number of carbonyl (C=O) groups is 1. The van der Waals surface area contributed by atoms with Crippen LogP contribution in [0.15, 0.2) is 0 Å². The van der Waals surface area contributed by atoms with E-state index < -0.39 is 0 Å². The summed E-state index contributed by atoms with van der Waals surface area (Å²) in [5.41, 5.74) is 5.74. The molecule has 2 rings (SSSR count). The fourth-order valence-corrected chi connectivity index (χ4v) is 1.81. The van der Waals surface area contributed by atoms with Gasteiger partial charge in [0.25, 0.3) is 0 Å². The molecule has 0 aliphatic heterocycles. The zero-order chi connectivity index (χ0) is 8.55. The van der Waals surface area contributed by atoms with Crippen LogP contribution >= 0.6 is 0 Å². The van der Waals surface area contributed by atoms with Crippen LogP contribution in [0.2, 0.25) is 0 Å². The van der Waals surface area contributed by atoms with Gasteiger partial charge in [0.15, 0.2) is 0 Å². The molecule has 0 aromatic carbocycles. The van der Waals surface area contributed by atoms with Crippen molar-refractivity contribution < 1.29 is 4.79 Å². The van der Waals surface area contributed by atoms with Crippen molar-refractivity contribution in [1.29, 1.82) is 0 Å². The minimum Gasteiger partial charge on any atom is -0.353 e. The van der Waals surface area contributed by atoms with Crippen LogP contribution in [-0.2, 0) is 4.79 Å². The molecule has 0 radical (unpaired) electrons. The number of hydrogen-bond acceptors (Lipinski definition) is 2. The molecular formula is C9H16N2O. The van der Waals surface area contributed by atoms with E-state index in [2.05, 4.69) is 5.32 Å². The minimum atomic E-state index is 0.258. The van der Waals surface area contributed by atoms with Crippen molar-refractivity contribution in [2.45, 2.75) is 44.2 Å². The van der Waals surface area contributed by atoms with Crippen LogP contribution in [-0.4, -0.2) is 18.0 Å². The summed E-state index contributed by atoms with van der Waals surface area (Å²) >= 11 is 0. The SMILES string of the molecule is NC1CCC(NC(=O)C2CC2)C1. The van der Waals surface area contributed by atoms with Gasteiger partial charge in [0.05, 0.1) is 0 Å². The Hall–Kier alpha value is -0.570. The molecule has 2 saturated carbocycles. The lowest BCUT2D eigenvalue weighted by Gasteiger charge is -2.11. The van der Waals surface area contributed by atoms with E-state index in [1.807, 2.05) is 0 Å². The largest absolute Gasteiger partial charge is 0.353 e. The van der Waals surface area contributed by atoms with Crippen molar-refractivity contribution in [3.05, 3.63) is 0 Å². The average molecular weight is 168 g/mol. The Kier molecular flexibility index (Phi) is 2.05. The van der Waals surface area contributed by atoms with Gasteiger partial charge in [-0.15, -0.1) is 0 Å². The summed E-state index contributed by atoms with van der Waals surface area (Å²) in [6.45, 7) is 0. The third kappa shape index (κ3) is 1.78. The molecule has 3 N–H and O–H groups in total. The van der Waals surface area contributed by atoms with Crippen molar-refractivity contribution >= 4 is 5.91 Å². The lowest BCUT2D eigenvalue weighted by molar-refractivity contribution is -0.122. The fourth-order valence-electron chi connectivity index (χ4n) is 1.81. The van der Waals surface area contributed by atoms with Crippen LogP contribution in [0.25, 0.3) is 0 Å². The molecule has 2 unspecified atom stereocenters. The van der Waals surface area contributed by atoms with Crippen LogP contribution in [0.5, 0.6) is 0 Å². The molecule has 1 amide bonds. The third-order valence-electron chi connectivity index (χ3n) is 2.77. The third-order valence-corrected chi connectivity index (χ3v) is 2.77. The standard InChI is InChI=1S/C9H16N2O/c10-7-3-4-8(5-7)11-9(12)6-1-2-6/h6-8H,1-5,10H2,(H,11,12). The molecule has 0 aromatic heterocycles. The first-order valence-electron chi connectivity index (χ1n) is 4.81. The van der Waals surface area contributed by atoms with Crippen LogP contribution in [0.1, 0.15) is 32.1 Å². The highest BCUT2D eigenvalue weighted by Gasteiger charge is 2.32. The summed E-state index contributed by atoms with van der Waals surface area (Å²) in [5.74, 6) is 0.593. The predicted molar refractivity (Wildman–Crippen MR) is 46.5 cm³/mol. The summed E-state index contributed by atoms with van der Waals surface area (Å²) in [6.07, 6.45) is 5.28. The maximum absolute atomic E-state index is 11.3. The van der Waals surface area contributed by atoms with Gasteiger partial charge in [0.1, 0.15) is 0 Å². The number of nitrogens with two attached hydrogens (primary N) is 1. The summed E-state index contributed by atoms with van der Waals surface area (Å²) < 4.78 is 0. The molecule has 2 aliphatic rings. The van der Waals surface area contributed by atoms with Gasteiger partial charge < -0.3 is 11.1 Å². The van der Waals surface area contributed by atoms with Crippen LogP contribution in [0, 0.1) is 5.92 Å². The summed E-state index contributed by atoms with van der Waals surface area (Å²) in [7, 11) is 0. The highest BCUT2D eigenvalue weighted by atomic mass is 16.2. The number of amides is 1. The van der Waals surface area contributed by atoms with E-state index in [9.17, 15) is 4.79 Å². The first-order chi connectivity index (χ1) is 5.75. The molecule has 2 aliphatic carbocycles. The summed E-state index contributed by atoms with van der Waals surface area (Å²) in [5, 5.41) is 3.05. The van der Waals surface area contributed by atoms with Crippen molar-refractivity contribution in [1.82, 2.24) is 5.32 Å². The van der Waals surface area contributed by atoms with Crippen LogP contribution < -0.4 is 11.1 Å².